The lowest BCUT2D eigenvalue weighted by molar-refractivity contribution is -0.124. The summed E-state index contributed by atoms with van der Waals surface area (Å²) in [6.45, 7) is 7.59. The lowest BCUT2D eigenvalue weighted by Crippen LogP contribution is -2.36. The Kier molecular flexibility index (Phi) is 4.06. The van der Waals surface area contributed by atoms with E-state index >= 15 is 0 Å². The third-order valence-corrected chi connectivity index (χ3v) is 2.39. The smallest absolute Gasteiger partial charge is 0.243 e. The van der Waals surface area contributed by atoms with Crippen molar-refractivity contribution in [1.29, 1.82) is 0 Å². The van der Waals surface area contributed by atoms with Crippen molar-refractivity contribution in [2.24, 2.45) is 5.73 Å². The monoisotopic (exact) mass is 224 g/mol. The third kappa shape index (κ3) is 2.82. The van der Waals surface area contributed by atoms with Gasteiger partial charge in [0.05, 0.1) is 12.0 Å². The highest BCUT2D eigenvalue weighted by atomic mass is 16.2. The van der Waals surface area contributed by atoms with Crippen molar-refractivity contribution >= 4 is 5.91 Å². The fraction of sp³-hybridized carbons (Fsp3) is 0.636. The van der Waals surface area contributed by atoms with Crippen LogP contribution in [0.3, 0.4) is 0 Å². The fourth-order valence-corrected chi connectivity index (χ4v) is 1.52. The molecule has 0 aliphatic carbocycles. The van der Waals surface area contributed by atoms with Gasteiger partial charge in [0, 0.05) is 18.3 Å². The number of nitrogens with one attached hydrogen (secondary N) is 1. The topological polar surface area (TPSA) is 72.9 Å². The molecule has 0 saturated heterocycles. The average Bonchev–Trinajstić information content (AvgIpc) is 2.63. The molecule has 90 valence electrons. The van der Waals surface area contributed by atoms with E-state index < -0.39 is 0 Å². The molecule has 0 saturated carbocycles. The predicted octanol–water partition coefficient (Wildman–Crippen LogP) is 0.988. The maximum Gasteiger partial charge on any atom is 0.243 e. The Balaban J connectivity index is 2.83. The van der Waals surface area contributed by atoms with Crippen LogP contribution >= 0.6 is 0 Å². The Labute approximate surface area is 96.0 Å². The first-order valence-corrected chi connectivity index (χ1v) is 5.51. The fourth-order valence-electron chi connectivity index (χ4n) is 1.52. The van der Waals surface area contributed by atoms with E-state index in [4.69, 9.17) is 5.73 Å². The molecule has 2 atom stereocenters. The van der Waals surface area contributed by atoms with E-state index in [1.807, 2.05) is 32.3 Å². The lowest BCUT2D eigenvalue weighted by atomic mass is 10.2. The molecular formula is C11H20N4O. The van der Waals surface area contributed by atoms with Crippen LogP contribution in [0.1, 0.15) is 45.5 Å². The second-order valence-electron chi connectivity index (χ2n) is 4.35. The van der Waals surface area contributed by atoms with Gasteiger partial charge in [-0.3, -0.25) is 4.79 Å². The minimum Gasteiger partial charge on any atom is -0.352 e. The van der Waals surface area contributed by atoms with E-state index in [-0.39, 0.29) is 24.0 Å². The van der Waals surface area contributed by atoms with Crippen molar-refractivity contribution < 1.29 is 4.79 Å². The Hall–Kier alpha value is -1.36. The van der Waals surface area contributed by atoms with Crippen LogP contribution in [0, 0.1) is 0 Å². The summed E-state index contributed by atoms with van der Waals surface area (Å²) in [7, 11) is 0. The van der Waals surface area contributed by atoms with Crippen LogP contribution in [0.2, 0.25) is 0 Å². The van der Waals surface area contributed by atoms with Gasteiger partial charge in [0.15, 0.2) is 0 Å². The number of nitrogens with two attached hydrogens (primary N) is 1. The average molecular weight is 224 g/mol. The molecule has 1 rings (SSSR count). The normalized spacial score (nSPS) is 14.9. The summed E-state index contributed by atoms with van der Waals surface area (Å²) in [5.74, 6) is -0.0186. The molecule has 2 unspecified atom stereocenters. The van der Waals surface area contributed by atoms with Crippen LogP contribution in [0.15, 0.2) is 12.5 Å². The molecular weight excluding hydrogens is 204 g/mol. The summed E-state index contributed by atoms with van der Waals surface area (Å²) in [5.41, 5.74) is 6.67. The molecule has 5 nitrogen and oxygen atoms in total. The van der Waals surface area contributed by atoms with Gasteiger partial charge in [-0.1, -0.05) is 0 Å². The number of carbonyl (C=O) groups excluding carboxylic acids is 1. The van der Waals surface area contributed by atoms with E-state index in [1.54, 1.807) is 12.5 Å². The van der Waals surface area contributed by atoms with Crippen LogP contribution < -0.4 is 11.1 Å². The summed E-state index contributed by atoms with van der Waals surface area (Å²) in [4.78, 5) is 15.9. The number of rotatable bonds is 4. The van der Waals surface area contributed by atoms with Gasteiger partial charge in [0.2, 0.25) is 5.91 Å². The highest BCUT2D eigenvalue weighted by Gasteiger charge is 2.19. The highest BCUT2D eigenvalue weighted by Crippen LogP contribution is 2.15. The molecule has 1 aromatic rings. The Morgan fingerprint density at radius 3 is 2.56 bits per heavy atom. The number of amides is 1. The summed E-state index contributed by atoms with van der Waals surface area (Å²) in [5, 5.41) is 2.87. The van der Waals surface area contributed by atoms with E-state index in [9.17, 15) is 4.79 Å². The molecule has 1 aromatic heterocycles. The zero-order valence-electron chi connectivity index (χ0n) is 10.3. The first-order valence-electron chi connectivity index (χ1n) is 5.51. The molecule has 0 aliphatic heterocycles. The first kappa shape index (κ1) is 12.7. The van der Waals surface area contributed by atoms with Gasteiger partial charge in [0.1, 0.15) is 6.04 Å². The zero-order valence-corrected chi connectivity index (χ0v) is 10.3. The van der Waals surface area contributed by atoms with Gasteiger partial charge in [-0.15, -0.1) is 0 Å². The number of nitrogens with zero attached hydrogens (tertiary/aromatic N) is 2. The van der Waals surface area contributed by atoms with Crippen LogP contribution in [0.4, 0.5) is 0 Å². The molecule has 0 bridgehead atoms. The Bertz CT molecular complexity index is 357. The van der Waals surface area contributed by atoms with Crippen LogP contribution in [0.25, 0.3) is 0 Å². The molecule has 1 amide bonds. The third-order valence-electron chi connectivity index (χ3n) is 2.39. The Morgan fingerprint density at radius 1 is 1.44 bits per heavy atom. The summed E-state index contributed by atoms with van der Waals surface area (Å²) in [6.07, 6.45) is 3.34. The summed E-state index contributed by atoms with van der Waals surface area (Å²) in [6, 6.07) is -0.278. The van der Waals surface area contributed by atoms with Gasteiger partial charge in [-0.2, -0.15) is 0 Å². The number of carbonyl (C=O) groups is 1. The SMILES string of the molecule is CC(C)NC(=O)C(C)n1cncc1C(C)N. The van der Waals surface area contributed by atoms with E-state index in [1.165, 1.54) is 0 Å². The standard InChI is InChI=1S/C11H20N4O/c1-7(2)14-11(16)9(4)15-6-13-5-10(15)8(3)12/h5-9H,12H2,1-4H3,(H,14,16). The second kappa shape index (κ2) is 5.12. The van der Waals surface area contributed by atoms with Crippen LogP contribution in [-0.4, -0.2) is 21.5 Å². The van der Waals surface area contributed by atoms with Crippen LogP contribution in [-0.2, 0) is 4.79 Å². The molecule has 0 aliphatic rings. The molecule has 0 aromatic carbocycles. The van der Waals surface area contributed by atoms with E-state index in [0.717, 1.165) is 5.69 Å². The number of hydrogen-bond donors (Lipinski definition) is 2. The van der Waals surface area contributed by atoms with Crippen molar-refractivity contribution in [3.63, 3.8) is 0 Å². The summed E-state index contributed by atoms with van der Waals surface area (Å²) < 4.78 is 1.81. The first-order chi connectivity index (χ1) is 7.43. The van der Waals surface area contributed by atoms with Crippen molar-refractivity contribution in [1.82, 2.24) is 14.9 Å². The van der Waals surface area contributed by atoms with Crippen molar-refractivity contribution in [3.05, 3.63) is 18.2 Å². The van der Waals surface area contributed by atoms with Gasteiger partial charge >= 0.3 is 0 Å². The Morgan fingerprint density at radius 2 is 2.06 bits per heavy atom. The molecule has 16 heavy (non-hydrogen) atoms. The van der Waals surface area contributed by atoms with Crippen molar-refractivity contribution in [2.75, 3.05) is 0 Å². The van der Waals surface area contributed by atoms with Crippen LogP contribution in [0.5, 0.6) is 0 Å². The zero-order chi connectivity index (χ0) is 12.3. The quantitative estimate of drug-likeness (QED) is 0.801. The van der Waals surface area contributed by atoms with Gasteiger partial charge in [-0.25, -0.2) is 4.98 Å². The molecule has 3 N–H and O–H groups in total. The number of hydrogen-bond acceptors (Lipinski definition) is 3. The number of aromatic nitrogens is 2. The maximum absolute atomic E-state index is 11.8. The molecule has 0 fully saturated rings. The number of imidazole rings is 1. The van der Waals surface area contributed by atoms with Gasteiger partial charge in [0.25, 0.3) is 0 Å². The largest absolute Gasteiger partial charge is 0.352 e. The summed E-state index contributed by atoms with van der Waals surface area (Å²) >= 11 is 0. The molecule has 1 heterocycles. The molecule has 0 spiro atoms. The maximum atomic E-state index is 11.8. The van der Waals surface area contributed by atoms with Crippen molar-refractivity contribution in [2.45, 2.75) is 45.8 Å². The minimum atomic E-state index is -0.286. The van der Waals surface area contributed by atoms with Gasteiger partial charge < -0.3 is 15.6 Å². The second-order valence-corrected chi connectivity index (χ2v) is 4.35. The predicted molar refractivity (Wildman–Crippen MR) is 62.8 cm³/mol. The van der Waals surface area contributed by atoms with E-state index in [0.29, 0.717) is 0 Å². The lowest BCUT2D eigenvalue weighted by Gasteiger charge is -2.19. The minimum absolute atomic E-state index is 0.0186. The van der Waals surface area contributed by atoms with Gasteiger partial charge in [-0.05, 0) is 27.7 Å². The highest BCUT2D eigenvalue weighted by molar-refractivity contribution is 5.80. The molecule has 5 heteroatoms. The molecule has 0 radical (unpaired) electrons. The van der Waals surface area contributed by atoms with Crippen molar-refractivity contribution in [3.8, 4) is 0 Å². The van der Waals surface area contributed by atoms with E-state index in [2.05, 4.69) is 10.3 Å².